The Morgan fingerprint density at radius 1 is 1.14 bits per heavy atom. The van der Waals surface area contributed by atoms with E-state index in [1.54, 1.807) is 7.11 Å². The highest BCUT2D eigenvalue weighted by molar-refractivity contribution is 5.27. The van der Waals surface area contributed by atoms with Crippen LogP contribution in [0.2, 0.25) is 0 Å². The highest BCUT2D eigenvalue weighted by Crippen LogP contribution is 2.42. The van der Waals surface area contributed by atoms with E-state index in [4.69, 9.17) is 4.74 Å². The molecule has 0 bridgehead atoms. The van der Waals surface area contributed by atoms with Crippen LogP contribution in [0.3, 0.4) is 0 Å². The van der Waals surface area contributed by atoms with Crippen LogP contribution in [0.15, 0.2) is 12.1 Å². The van der Waals surface area contributed by atoms with Crippen molar-refractivity contribution in [2.75, 3.05) is 13.7 Å². The number of halogens is 3. The first-order chi connectivity index (χ1) is 10.1. The molecule has 0 aromatic heterocycles. The average molecular weight is 301 g/mol. The van der Waals surface area contributed by atoms with Crippen molar-refractivity contribution < 1.29 is 17.9 Å². The van der Waals surface area contributed by atoms with Gasteiger partial charge in [-0.15, -0.1) is 0 Å². The molecule has 1 unspecified atom stereocenters. The van der Waals surface area contributed by atoms with Gasteiger partial charge >= 0.3 is 0 Å². The molecule has 21 heavy (non-hydrogen) atoms. The van der Waals surface area contributed by atoms with Crippen molar-refractivity contribution in [1.29, 1.82) is 0 Å². The third-order valence-electron chi connectivity index (χ3n) is 4.42. The van der Waals surface area contributed by atoms with Crippen LogP contribution in [0.25, 0.3) is 0 Å². The molecule has 5 heteroatoms. The molecule has 1 fully saturated rings. The van der Waals surface area contributed by atoms with Crippen molar-refractivity contribution in [3.05, 3.63) is 35.1 Å². The van der Waals surface area contributed by atoms with E-state index in [1.165, 1.54) is 6.07 Å². The first-order valence-corrected chi connectivity index (χ1v) is 7.47. The van der Waals surface area contributed by atoms with Crippen LogP contribution in [-0.4, -0.2) is 19.3 Å². The Kier molecular flexibility index (Phi) is 5.27. The molecule has 1 N–H and O–H groups in total. The molecule has 0 heterocycles. The molecule has 1 aromatic rings. The molecule has 0 amide bonds. The maximum absolute atomic E-state index is 14.2. The van der Waals surface area contributed by atoms with E-state index >= 15 is 0 Å². The maximum atomic E-state index is 14.2. The zero-order valence-electron chi connectivity index (χ0n) is 12.5. The Morgan fingerprint density at radius 3 is 2.38 bits per heavy atom. The Bertz CT molecular complexity index is 487. The molecule has 1 atom stereocenters. The molecular weight excluding hydrogens is 279 g/mol. The van der Waals surface area contributed by atoms with Crippen LogP contribution >= 0.6 is 0 Å². The summed E-state index contributed by atoms with van der Waals surface area (Å²) < 4.78 is 46.6. The molecule has 0 saturated heterocycles. The molecule has 0 spiro atoms. The predicted molar refractivity (Wildman–Crippen MR) is 75.6 cm³/mol. The molecule has 2 nitrogen and oxygen atoms in total. The summed E-state index contributed by atoms with van der Waals surface area (Å²) in [6.45, 7) is 2.49. The fraction of sp³-hybridized carbons (Fsp3) is 0.625. The van der Waals surface area contributed by atoms with Crippen LogP contribution in [0, 0.1) is 17.5 Å². The van der Waals surface area contributed by atoms with Crippen molar-refractivity contribution in [2.24, 2.45) is 0 Å². The number of benzene rings is 1. The lowest BCUT2D eigenvalue weighted by Gasteiger charge is -2.43. The van der Waals surface area contributed by atoms with Gasteiger partial charge in [-0.25, -0.2) is 13.2 Å². The summed E-state index contributed by atoms with van der Waals surface area (Å²) in [6.07, 6.45) is 4.64. The van der Waals surface area contributed by atoms with Gasteiger partial charge in [0.05, 0.1) is 11.6 Å². The number of methoxy groups -OCH3 is 1. The molecule has 2 rings (SSSR count). The van der Waals surface area contributed by atoms with Crippen LogP contribution in [0.5, 0.6) is 0 Å². The van der Waals surface area contributed by atoms with E-state index in [9.17, 15) is 13.2 Å². The highest BCUT2D eigenvalue weighted by Gasteiger charge is 2.42. The van der Waals surface area contributed by atoms with Crippen molar-refractivity contribution >= 4 is 0 Å². The van der Waals surface area contributed by atoms with E-state index in [1.807, 2.05) is 6.92 Å². The van der Waals surface area contributed by atoms with E-state index in [2.05, 4.69) is 5.32 Å². The predicted octanol–water partition coefficient (Wildman–Crippen LogP) is 4.10. The molecule has 1 aliphatic rings. The highest BCUT2D eigenvalue weighted by atomic mass is 19.2. The molecule has 0 aliphatic heterocycles. The van der Waals surface area contributed by atoms with E-state index in [-0.39, 0.29) is 5.56 Å². The lowest BCUT2D eigenvalue weighted by Crippen LogP contribution is -2.47. The number of rotatable bonds is 5. The van der Waals surface area contributed by atoms with Crippen LogP contribution in [-0.2, 0) is 4.74 Å². The summed E-state index contributed by atoms with van der Waals surface area (Å²) in [6, 6.07) is 1.81. The second kappa shape index (κ2) is 6.79. The van der Waals surface area contributed by atoms with Crippen molar-refractivity contribution in [3.8, 4) is 0 Å². The zero-order valence-corrected chi connectivity index (χ0v) is 12.5. The number of ether oxygens (including phenoxy) is 1. The molecule has 1 aromatic carbocycles. The third kappa shape index (κ3) is 3.09. The van der Waals surface area contributed by atoms with Crippen molar-refractivity contribution in [2.45, 2.75) is 50.7 Å². The minimum Gasteiger partial charge on any atom is -0.376 e. The number of likely N-dealkylation sites (N-methyl/N-ethyl adjacent to an activating group) is 1. The lowest BCUT2D eigenvalue weighted by molar-refractivity contribution is -0.0693. The van der Waals surface area contributed by atoms with Gasteiger partial charge in [0.1, 0.15) is 0 Å². The summed E-state index contributed by atoms with van der Waals surface area (Å²) in [5.41, 5.74) is -0.432. The lowest BCUT2D eigenvalue weighted by atomic mass is 9.76. The fourth-order valence-electron chi connectivity index (χ4n) is 3.31. The Balaban J connectivity index is 2.45. The van der Waals surface area contributed by atoms with Gasteiger partial charge in [0.2, 0.25) is 0 Å². The monoisotopic (exact) mass is 301 g/mol. The fourth-order valence-corrected chi connectivity index (χ4v) is 3.31. The Hall–Kier alpha value is -1.07. The van der Waals surface area contributed by atoms with Gasteiger partial charge in [0.15, 0.2) is 17.5 Å². The Morgan fingerprint density at radius 2 is 1.81 bits per heavy atom. The topological polar surface area (TPSA) is 21.3 Å². The zero-order chi connectivity index (χ0) is 15.5. The van der Waals surface area contributed by atoms with Gasteiger partial charge in [-0.1, -0.05) is 32.3 Å². The first-order valence-electron chi connectivity index (χ1n) is 7.47. The van der Waals surface area contributed by atoms with Gasteiger partial charge in [-0.3, -0.25) is 0 Å². The van der Waals surface area contributed by atoms with Crippen LogP contribution in [0.1, 0.15) is 50.6 Å². The summed E-state index contributed by atoms with van der Waals surface area (Å²) in [7, 11) is 1.60. The molecule has 0 radical (unpaired) electrons. The second-order valence-electron chi connectivity index (χ2n) is 5.58. The maximum Gasteiger partial charge on any atom is 0.194 e. The van der Waals surface area contributed by atoms with Crippen molar-refractivity contribution in [3.63, 3.8) is 0 Å². The summed E-state index contributed by atoms with van der Waals surface area (Å²) in [5.74, 6) is -3.71. The molecule has 1 aliphatic carbocycles. The van der Waals surface area contributed by atoms with Gasteiger partial charge in [0, 0.05) is 12.7 Å². The van der Waals surface area contributed by atoms with E-state index in [0.717, 1.165) is 38.2 Å². The molecular formula is C16H22F3NO. The smallest absolute Gasteiger partial charge is 0.194 e. The van der Waals surface area contributed by atoms with E-state index in [0.29, 0.717) is 6.54 Å². The van der Waals surface area contributed by atoms with Crippen LogP contribution in [0.4, 0.5) is 13.2 Å². The average Bonchev–Trinajstić information content (AvgIpc) is 2.52. The number of nitrogens with one attached hydrogen (secondary N) is 1. The summed E-state index contributed by atoms with van der Waals surface area (Å²) >= 11 is 0. The van der Waals surface area contributed by atoms with Crippen LogP contribution < -0.4 is 5.32 Å². The van der Waals surface area contributed by atoms with Crippen molar-refractivity contribution in [1.82, 2.24) is 5.32 Å². The largest absolute Gasteiger partial charge is 0.376 e. The number of hydrogen-bond donors (Lipinski definition) is 1. The second-order valence-corrected chi connectivity index (χ2v) is 5.58. The minimum atomic E-state index is -1.42. The third-order valence-corrected chi connectivity index (χ3v) is 4.42. The standard InChI is InChI=1S/C16H22F3NO/c1-3-20-15(16(21-2)9-5-4-6-10-16)11-7-8-12(17)14(19)13(11)18/h7-8,15,20H,3-6,9-10H2,1-2H3. The SMILES string of the molecule is CCNC(c1ccc(F)c(F)c1F)C1(OC)CCCCC1. The quantitative estimate of drug-likeness (QED) is 0.827. The molecule has 1 saturated carbocycles. The first kappa shape index (κ1) is 16.3. The van der Waals surface area contributed by atoms with Gasteiger partial charge in [-0.2, -0.15) is 0 Å². The minimum absolute atomic E-state index is 0.138. The van der Waals surface area contributed by atoms with Gasteiger partial charge in [-0.05, 0) is 25.5 Å². The van der Waals surface area contributed by atoms with Gasteiger partial charge in [0.25, 0.3) is 0 Å². The summed E-state index contributed by atoms with van der Waals surface area (Å²) in [4.78, 5) is 0. The normalized spacial score (nSPS) is 19.5. The summed E-state index contributed by atoms with van der Waals surface area (Å²) in [5, 5.41) is 3.19. The Labute approximate surface area is 123 Å². The van der Waals surface area contributed by atoms with Gasteiger partial charge < -0.3 is 10.1 Å². The van der Waals surface area contributed by atoms with E-state index < -0.39 is 29.1 Å². The number of hydrogen-bond acceptors (Lipinski definition) is 2. The molecule has 118 valence electrons.